The molecule has 134 valence electrons. The van der Waals surface area contributed by atoms with Gasteiger partial charge in [-0.3, -0.25) is 4.79 Å². The molecule has 0 spiro atoms. The van der Waals surface area contributed by atoms with E-state index in [4.69, 9.17) is 4.74 Å². The van der Waals surface area contributed by atoms with Crippen LogP contribution in [0.4, 0.5) is 0 Å². The maximum atomic E-state index is 12.5. The molecule has 1 fully saturated rings. The molecular weight excluding hydrogens is 300 g/mol. The van der Waals surface area contributed by atoms with Gasteiger partial charge in [-0.2, -0.15) is 0 Å². The highest BCUT2D eigenvalue weighted by atomic mass is 16.5. The van der Waals surface area contributed by atoms with Crippen molar-refractivity contribution in [1.82, 2.24) is 10.2 Å². The summed E-state index contributed by atoms with van der Waals surface area (Å²) in [6.07, 6.45) is 7.55. The van der Waals surface area contributed by atoms with Gasteiger partial charge in [-0.1, -0.05) is 25.7 Å². The Morgan fingerprint density at radius 3 is 2.21 bits per heavy atom. The van der Waals surface area contributed by atoms with Crippen LogP contribution >= 0.6 is 0 Å². The Morgan fingerprint density at radius 2 is 1.71 bits per heavy atom. The number of hydrogen-bond donors (Lipinski definition) is 1. The van der Waals surface area contributed by atoms with Crippen LogP contribution in [0.1, 0.15) is 62.7 Å². The van der Waals surface area contributed by atoms with Gasteiger partial charge in [0.25, 0.3) is 5.91 Å². The van der Waals surface area contributed by atoms with Crippen molar-refractivity contribution in [2.45, 2.75) is 64.0 Å². The third kappa shape index (κ3) is 4.97. The number of amides is 1. The van der Waals surface area contributed by atoms with Crippen molar-refractivity contribution in [2.24, 2.45) is 0 Å². The van der Waals surface area contributed by atoms with E-state index in [1.54, 1.807) is 0 Å². The average molecular weight is 332 g/mol. The van der Waals surface area contributed by atoms with Crippen molar-refractivity contribution >= 4 is 5.91 Å². The standard InChI is InChI=1S/C20H32N2O2/c1-16(2)24-18-11-9-17(10-12-18)19(23)21-15-20(22(3)4)13-7-5-6-8-14-20/h9-12,16H,5-8,13-15H2,1-4H3,(H,21,23). The lowest BCUT2D eigenvalue weighted by Crippen LogP contribution is -2.52. The highest BCUT2D eigenvalue weighted by Crippen LogP contribution is 2.30. The Bertz CT molecular complexity index is 515. The third-order valence-corrected chi connectivity index (χ3v) is 5.05. The predicted octanol–water partition coefficient (Wildman–Crippen LogP) is 3.86. The molecule has 4 nitrogen and oxygen atoms in total. The van der Waals surface area contributed by atoms with Crippen LogP contribution in [0, 0.1) is 0 Å². The molecule has 1 N–H and O–H groups in total. The molecule has 0 aromatic heterocycles. The lowest BCUT2D eigenvalue weighted by Gasteiger charge is -2.39. The van der Waals surface area contributed by atoms with E-state index in [2.05, 4.69) is 24.3 Å². The maximum Gasteiger partial charge on any atom is 0.251 e. The van der Waals surface area contributed by atoms with Crippen LogP contribution in [0.3, 0.4) is 0 Å². The number of benzene rings is 1. The quantitative estimate of drug-likeness (QED) is 0.804. The number of likely N-dealkylation sites (N-methyl/N-ethyl adjacent to an activating group) is 1. The molecule has 1 amide bonds. The molecule has 0 bridgehead atoms. The predicted molar refractivity (Wildman–Crippen MR) is 98.7 cm³/mol. The van der Waals surface area contributed by atoms with E-state index in [1.807, 2.05) is 38.1 Å². The fourth-order valence-corrected chi connectivity index (χ4v) is 3.47. The van der Waals surface area contributed by atoms with Crippen molar-refractivity contribution in [1.29, 1.82) is 0 Å². The van der Waals surface area contributed by atoms with Crippen LogP contribution in [-0.2, 0) is 0 Å². The summed E-state index contributed by atoms with van der Waals surface area (Å²) in [6.45, 7) is 4.70. The van der Waals surface area contributed by atoms with E-state index in [1.165, 1.54) is 25.7 Å². The molecule has 24 heavy (non-hydrogen) atoms. The van der Waals surface area contributed by atoms with Crippen molar-refractivity contribution in [3.63, 3.8) is 0 Å². The largest absolute Gasteiger partial charge is 0.491 e. The first kappa shape index (κ1) is 18.8. The first-order valence-electron chi connectivity index (χ1n) is 9.15. The zero-order chi connectivity index (χ0) is 17.6. The van der Waals surface area contributed by atoms with Crippen molar-refractivity contribution in [3.05, 3.63) is 29.8 Å². The monoisotopic (exact) mass is 332 g/mol. The second-order valence-electron chi connectivity index (χ2n) is 7.41. The molecule has 2 rings (SSSR count). The summed E-state index contributed by atoms with van der Waals surface area (Å²) in [5.41, 5.74) is 0.779. The Kier molecular flexibility index (Phi) is 6.67. The van der Waals surface area contributed by atoms with E-state index in [9.17, 15) is 4.79 Å². The van der Waals surface area contributed by atoms with Crippen LogP contribution in [-0.4, -0.2) is 43.1 Å². The van der Waals surface area contributed by atoms with Crippen LogP contribution in [0.25, 0.3) is 0 Å². The molecule has 0 radical (unpaired) electrons. The van der Waals surface area contributed by atoms with Crippen molar-refractivity contribution in [3.8, 4) is 5.75 Å². The maximum absolute atomic E-state index is 12.5. The molecule has 0 saturated heterocycles. The van der Waals surface area contributed by atoms with Gasteiger partial charge in [0.2, 0.25) is 0 Å². The normalized spacial score (nSPS) is 17.6. The highest BCUT2D eigenvalue weighted by Gasteiger charge is 2.33. The summed E-state index contributed by atoms with van der Waals surface area (Å²) in [4.78, 5) is 14.8. The molecule has 4 heteroatoms. The number of carbonyl (C=O) groups excluding carboxylic acids is 1. The fourth-order valence-electron chi connectivity index (χ4n) is 3.47. The second kappa shape index (κ2) is 8.52. The van der Waals surface area contributed by atoms with Gasteiger partial charge in [0.15, 0.2) is 0 Å². The number of nitrogens with one attached hydrogen (secondary N) is 1. The average Bonchev–Trinajstić information content (AvgIpc) is 2.79. The molecule has 1 aromatic rings. The van der Waals surface area contributed by atoms with Gasteiger partial charge in [0.1, 0.15) is 5.75 Å². The topological polar surface area (TPSA) is 41.6 Å². The van der Waals surface area contributed by atoms with E-state index >= 15 is 0 Å². The molecule has 0 atom stereocenters. The fraction of sp³-hybridized carbons (Fsp3) is 0.650. The zero-order valence-electron chi connectivity index (χ0n) is 15.6. The molecule has 1 aromatic carbocycles. The first-order valence-corrected chi connectivity index (χ1v) is 9.15. The molecule has 1 saturated carbocycles. The summed E-state index contributed by atoms with van der Waals surface area (Å²) in [5, 5.41) is 3.16. The van der Waals surface area contributed by atoms with Crippen molar-refractivity contribution < 1.29 is 9.53 Å². The summed E-state index contributed by atoms with van der Waals surface area (Å²) >= 11 is 0. The van der Waals surface area contributed by atoms with E-state index in [0.29, 0.717) is 12.1 Å². The molecule has 1 aliphatic rings. The van der Waals surface area contributed by atoms with Gasteiger partial charge < -0.3 is 15.0 Å². The lowest BCUT2D eigenvalue weighted by molar-refractivity contribution is 0.0869. The minimum absolute atomic E-state index is 0.00318. The second-order valence-corrected chi connectivity index (χ2v) is 7.41. The van der Waals surface area contributed by atoms with Crippen LogP contribution < -0.4 is 10.1 Å². The third-order valence-electron chi connectivity index (χ3n) is 5.05. The Labute approximate surface area is 146 Å². The van der Waals surface area contributed by atoms with Crippen LogP contribution in [0.5, 0.6) is 5.75 Å². The van der Waals surface area contributed by atoms with Crippen LogP contribution in [0.2, 0.25) is 0 Å². The molecular formula is C20H32N2O2. The summed E-state index contributed by atoms with van der Waals surface area (Å²) in [5.74, 6) is 0.798. The van der Waals surface area contributed by atoms with Gasteiger partial charge in [0, 0.05) is 17.6 Å². The van der Waals surface area contributed by atoms with Gasteiger partial charge in [0.05, 0.1) is 6.10 Å². The highest BCUT2D eigenvalue weighted by molar-refractivity contribution is 5.94. The number of hydrogen-bond acceptors (Lipinski definition) is 3. The van der Waals surface area contributed by atoms with Crippen molar-refractivity contribution in [2.75, 3.05) is 20.6 Å². The summed E-state index contributed by atoms with van der Waals surface area (Å²) in [6, 6.07) is 7.40. The minimum atomic E-state index is -0.00318. The number of rotatable bonds is 6. The summed E-state index contributed by atoms with van der Waals surface area (Å²) in [7, 11) is 4.27. The Morgan fingerprint density at radius 1 is 1.12 bits per heavy atom. The van der Waals surface area contributed by atoms with E-state index in [0.717, 1.165) is 18.6 Å². The van der Waals surface area contributed by atoms with E-state index in [-0.39, 0.29) is 17.6 Å². The Balaban J connectivity index is 1.97. The molecule has 1 aliphatic carbocycles. The van der Waals surface area contributed by atoms with Crippen LogP contribution in [0.15, 0.2) is 24.3 Å². The molecule has 0 aliphatic heterocycles. The lowest BCUT2D eigenvalue weighted by atomic mass is 9.88. The zero-order valence-corrected chi connectivity index (χ0v) is 15.6. The molecule has 0 heterocycles. The number of carbonyl (C=O) groups is 1. The smallest absolute Gasteiger partial charge is 0.251 e. The van der Waals surface area contributed by atoms with Gasteiger partial charge in [-0.15, -0.1) is 0 Å². The number of nitrogens with zero attached hydrogens (tertiary/aromatic N) is 1. The SMILES string of the molecule is CC(C)Oc1ccc(C(=O)NCC2(N(C)C)CCCCCC2)cc1. The minimum Gasteiger partial charge on any atom is -0.491 e. The van der Waals surface area contributed by atoms with Gasteiger partial charge >= 0.3 is 0 Å². The van der Waals surface area contributed by atoms with Gasteiger partial charge in [-0.05, 0) is 65.0 Å². The first-order chi connectivity index (χ1) is 11.4. The van der Waals surface area contributed by atoms with Gasteiger partial charge in [-0.25, -0.2) is 0 Å². The number of ether oxygens (including phenoxy) is 1. The summed E-state index contributed by atoms with van der Waals surface area (Å²) < 4.78 is 5.63. The Hall–Kier alpha value is -1.55. The van der Waals surface area contributed by atoms with E-state index < -0.39 is 0 Å². The molecule has 0 unspecified atom stereocenters.